The summed E-state index contributed by atoms with van der Waals surface area (Å²) < 4.78 is 51.4. The molecule has 0 saturated carbocycles. The van der Waals surface area contributed by atoms with Crippen LogP contribution in [0.25, 0.3) is 22.0 Å². The van der Waals surface area contributed by atoms with Crippen molar-refractivity contribution in [3.05, 3.63) is 71.8 Å². The lowest BCUT2D eigenvalue weighted by atomic mass is 9.98. The highest BCUT2D eigenvalue weighted by atomic mass is 35.5. The first-order valence-electron chi connectivity index (χ1n) is 13.3. The summed E-state index contributed by atoms with van der Waals surface area (Å²) in [6, 6.07) is 11.8. The number of hydrogen-bond acceptors (Lipinski definition) is 9. The van der Waals surface area contributed by atoms with Crippen molar-refractivity contribution < 1.29 is 22.3 Å². The van der Waals surface area contributed by atoms with Crippen molar-refractivity contribution in [2.45, 2.75) is 31.6 Å². The SMILES string of the molecule is COCC(c1c(F)ccc2c(Oc3ncccc3-c3ccnc(N[C@@H]4CNC[C@H](C)C4)n3)c(C)ccc12)S(N)(=O)=O.Cl. The molecule has 0 spiro atoms. The van der Waals surface area contributed by atoms with Gasteiger partial charge in [-0.1, -0.05) is 19.1 Å². The molecule has 1 unspecified atom stereocenters. The van der Waals surface area contributed by atoms with Gasteiger partial charge in [0.1, 0.15) is 16.8 Å². The maximum Gasteiger partial charge on any atom is 0.228 e. The molecular weight excluding hydrogens is 583 g/mol. The van der Waals surface area contributed by atoms with Gasteiger partial charge in [-0.2, -0.15) is 0 Å². The third-order valence-corrected chi connectivity index (χ3v) is 8.34. The van der Waals surface area contributed by atoms with E-state index in [1.165, 1.54) is 13.2 Å². The first-order valence-corrected chi connectivity index (χ1v) is 14.9. The number of hydrogen-bond donors (Lipinski definition) is 3. The average Bonchev–Trinajstić information content (AvgIpc) is 2.93. The minimum Gasteiger partial charge on any atom is -0.437 e. The number of halogens is 2. The number of methoxy groups -OCH3 is 1. The molecule has 1 aliphatic heterocycles. The first-order chi connectivity index (χ1) is 19.7. The normalized spacial score (nSPS) is 17.8. The summed E-state index contributed by atoms with van der Waals surface area (Å²) in [4.78, 5) is 13.6. The van der Waals surface area contributed by atoms with Gasteiger partial charge in [0.15, 0.2) is 0 Å². The van der Waals surface area contributed by atoms with E-state index >= 15 is 4.39 Å². The number of anilines is 1. The Morgan fingerprint density at radius 3 is 2.64 bits per heavy atom. The van der Waals surface area contributed by atoms with E-state index in [4.69, 9.17) is 19.6 Å². The maximum atomic E-state index is 15.1. The number of sulfonamides is 1. The predicted molar refractivity (Wildman–Crippen MR) is 163 cm³/mol. The summed E-state index contributed by atoms with van der Waals surface area (Å²) in [5.41, 5.74) is 1.92. The van der Waals surface area contributed by atoms with Crippen molar-refractivity contribution in [3.8, 4) is 22.9 Å². The molecule has 3 atom stereocenters. The van der Waals surface area contributed by atoms with Crippen molar-refractivity contribution in [2.24, 2.45) is 11.1 Å². The second kappa shape index (κ2) is 13.3. The Morgan fingerprint density at radius 2 is 1.90 bits per heavy atom. The first kappa shape index (κ1) is 31.5. The largest absolute Gasteiger partial charge is 0.437 e. The Balaban J connectivity index is 0.00000405. The summed E-state index contributed by atoms with van der Waals surface area (Å²) in [6.45, 7) is 5.57. The lowest BCUT2D eigenvalue weighted by Crippen LogP contribution is -2.42. The fraction of sp³-hybridized carbons (Fsp3) is 0.345. The van der Waals surface area contributed by atoms with Crippen molar-refractivity contribution >= 4 is 39.2 Å². The molecule has 5 rings (SSSR count). The molecule has 0 amide bonds. The topological polar surface area (TPSA) is 141 Å². The predicted octanol–water partition coefficient (Wildman–Crippen LogP) is 4.74. The number of pyridine rings is 1. The Labute approximate surface area is 250 Å². The monoisotopic (exact) mass is 616 g/mol. The molecular formula is C29H34ClFN6O4S. The van der Waals surface area contributed by atoms with E-state index in [9.17, 15) is 8.42 Å². The van der Waals surface area contributed by atoms with E-state index < -0.39 is 21.1 Å². The number of aryl methyl sites for hydroxylation is 1. The summed E-state index contributed by atoms with van der Waals surface area (Å²) in [6.07, 6.45) is 4.31. The smallest absolute Gasteiger partial charge is 0.228 e. The second-order valence-corrected chi connectivity index (χ2v) is 12.1. The number of rotatable bonds is 9. The van der Waals surface area contributed by atoms with Crippen LogP contribution in [0.3, 0.4) is 0 Å². The zero-order valence-electron chi connectivity index (χ0n) is 23.5. The van der Waals surface area contributed by atoms with E-state index in [-0.39, 0.29) is 36.5 Å². The molecule has 1 aliphatic rings. The van der Waals surface area contributed by atoms with Crippen LogP contribution in [0.2, 0.25) is 0 Å². The Bertz CT molecular complexity index is 1680. The summed E-state index contributed by atoms with van der Waals surface area (Å²) in [7, 11) is -2.84. The van der Waals surface area contributed by atoms with Crippen LogP contribution in [-0.4, -0.2) is 56.2 Å². The summed E-state index contributed by atoms with van der Waals surface area (Å²) in [5.74, 6) is 1.04. The highest BCUT2D eigenvalue weighted by Crippen LogP contribution is 2.40. The van der Waals surface area contributed by atoms with Gasteiger partial charge in [0.25, 0.3) is 0 Å². The van der Waals surface area contributed by atoms with E-state index in [2.05, 4.69) is 27.5 Å². The number of ether oxygens (including phenoxy) is 2. The van der Waals surface area contributed by atoms with Crippen molar-refractivity contribution in [1.82, 2.24) is 20.3 Å². The zero-order chi connectivity index (χ0) is 29.1. The van der Waals surface area contributed by atoms with Gasteiger partial charge in [-0.05, 0) is 67.1 Å². The second-order valence-electron chi connectivity index (χ2n) is 10.4. The van der Waals surface area contributed by atoms with E-state index in [1.807, 2.05) is 13.0 Å². The quantitative estimate of drug-likeness (QED) is 0.243. The summed E-state index contributed by atoms with van der Waals surface area (Å²) in [5, 5.41) is 11.8. The maximum absolute atomic E-state index is 15.1. The average molecular weight is 617 g/mol. The van der Waals surface area contributed by atoms with E-state index in [1.54, 1.807) is 42.7 Å². The van der Waals surface area contributed by atoms with Gasteiger partial charge in [0.05, 0.1) is 17.9 Å². The molecule has 42 heavy (non-hydrogen) atoms. The molecule has 4 N–H and O–H groups in total. The van der Waals surface area contributed by atoms with Crippen LogP contribution in [0.4, 0.5) is 10.3 Å². The number of benzene rings is 2. The number of fused-ring (bicyclic) bond motifs is 1. The van der Waals surface area contributed by atoms with Crippen molar-refractivity contribution in [2.75, 3.05) is 32.1 Å². The fourth-order valence-corrected chi connectivity index (χ4v) is 6.13. The van der Waals surface area contributed by atoms with E-state index in [0.717, 1.165) is 25.1 Å². The molecule has 2 aromatic heterocycles. The highest BCUT2D eigenvalue weighted by Gasteiger charge is 2.30. The van der Waals surface area contributed by atoms with Gasteiger partial charge in [-0.3, -0.25) is 0 Å². The molecule has 10 nitrogen and oxygen atoms in total. The molecule has 1 saturated heterocycles. The molecule has 4 aromatic rings. The van der Waals surface area contributed by atoms with Crippen LogP contribution in [0, 0.1) is 18.7 Å². The minimum absolute atomic E-state index is 0. The Morgan fingerprint density at radius 1 is 1.12 bits per heavy atom. The van der Waals surface area contributed by atoms with Crippen LogP contribution >= 0.6 is 12.4 Å². The van der Waals surface area contributed by atoms with Crippen LogP contribution in [-0.2, 0) is 14.8 Å². The summed E-state index contributed by atoms with van der Waals surface area (Å²) >= 11 is 0. The number of nitrogens with two attached hydrogens (primary N) is 1. The molecule has 0 bridgehead atoms. The standard InChI is InChI=1S/C29H33FN6O4S.ClH/c1-17-13-19(15-32-14-17)35-29-34-12-10-24(36-29)22-5-4-11-33-28(22)40-27-18(2)6-7-20-21(27)8-9-23(30)26(20)25(16-39-3)41(31,37)38;/h4-12,17,19,25,32H,13-16H2,1-3H3,(H2,31,37,38)(H,34,35,36);1H/t17-,19+,25?;/m1./s1. The van der Waals surface area contributed by atoms with Gasteiger partial charge in [-0.25, -0.2) is 32.9 Å². The number of nitrogens with one attached hydrogen (secondary N) is 2. The minimum atomic E-state index is -4.18. The van der Waals surface area contributed by atoms with E-state index in [0.29, 0.717) is 39.6 Å². The van der Waals surface area contributed by atoms with Crippen LogP contribution < -0.4 is 20.5 Å². The van der Waals surface area contributed by atoms with Crippen molar-refractivity contribution in [3.63, 3.8) is 0 Å². The number of primary sulfonamides is 1. The molecule has 1 fully saturated rings. The molecule has 0 aliphatic carbocycles. The third-order valence-electron chi connectivity index (χ3n) is 7.18. The molecule has 3 heterocycles. The van der Waals surface area contributed by atoms with Crippen LogP contribution in [0.15, 0.2) is 54.9 Å². The number of nitrogens with zero attached hydrogens (tertiary/aromatic N) is 3. The van der Waals surface area contributed by atoms with Gasteiger partial charge >= 0.3 is 0 Å². The molecule has 2 aromatic carbocycles. The van der Waals surface area contributed by atoms with Crippen LogP contribution in [0.1, 0.15) is 29.7 Å². The van der Waals surface area contributed by atoms with Gasteiger partial charge in [0, 0.05) is 43.0 Å². The Kier molecular flexibility index (Phi) is 9.95. The third kappa shape index (κ3) is 6.79. The molecule has 13 heteroatoms. The molecule has 0 radical (unpaired) electrons. The Hall–Kier alpha value is -3.42. The number of aromatic nitrogens is 3. The van der Waals surface area contributed by atoms with Gasteiger partial charge < -0.3 is 20.1 Å². The van der Waals surface area contributed by atoms with Crippen LogP contribution in [0.5, 0.6) is 11.6 Å². The highest BCUT2D eigenvalue weighted by molar-refractivity contribution is 7.89. The number of piperidine rings is 1. The van der Waals surface area contributed by atoms with Crippen molar-refractivity contribution in [1.29, 1.82) is 0 Å². The fourth-order valence-electron chi connectivity index (χ4n) is 5.23. The van der Waals surface area contributed by atoms with Gasteiger partial charge in [-0.15, -0.1) is 12.4 Å². The lowest BCUT2D eigenvalue weighted by molar-refractivity contribution is 0.196. The zero-order valence-corrected chi connectivity index (χ0v) is 25.1. The lowest BCUT2D eigenvalue weighted by Gasteiger charge is -2.28. The van der Waals surface area contributed by atoms with Gasteiger partial charge in [0.2, 0.25) is 21.9 Å². The molecule has 224 valence electrons.